The molecular formula is C20H23N3O3. The average molecular weight is 353 g/mol. The Morgan fingerprint density at radius 3 is 2.54 bits per heavy atom. The van der Waals surface area contributed by atoms with Gasteiger partial charge < -0.3 is 20.3 Å². The van der Waals surface area contributed by atoms with Crippen molar-refractivity contribution < 1.29 is 14.3 Å². The number of benzene rings is 2. The van der Waals surface area contributed by atoms with Crippen LogP contribution in [0.25, 0.3) is 0 Å². The number of rotatable bonds is 6. The van der Waals surface area contributed by atoms with Crippen molar-refractivity contribution in [3.8, 4) is 5.75 Å². The van der Waals surface area contributed by atoms with Gasteiger partial charge in [-0.2, -0.15) is 0 Å². The summed E-state index contributed by atoms with van der Waals surface area (Å²) >= 11 is 0. The zero-order valence-electron chi connectivity index (χ0n) is 15.0. The Bertz CT molecular complexity index is 789. The summed E-state index contributed by atoms with van der Waals surface area (Å²) in [4.78, 5) is 26.0. The van der Waals surface area contributed by atoms with Gasteiger partial charge in [0.2, 0.25) is 11.8 Å². The van der Waals surface area contributed by atoms with Crippen molar-refractivity contribution in [3.63, 3.8) is 0 Å². The second kappa shape index (κ2) is 7.91. The summed E-state index contributed by atoms with van der Waals surface area (Å²) in [5.41, 5.74) is 2.35. The highest BCUT2D eigenvalue weighted by molar-refractivity contribution is 5.98. The third kappa shape index (κ3) is 3.96. The van der Waals surface area contributed by atoms with Gasteiger partial charge in [0.1, 0.15) is 11.8 Å². The van der Waals surface area contributed by atoms with Crippen molar-refractivity contribution >= 4 is 28.9 Å². The van der Waals surface area contributed by atoms with Crippen molar-refractivity contribution in [2.75, 3.05) is 29.2 Å². The number of ether oxygens (including phenoxy) is 1. The smallest absolute Gasteiger partial charge is 0.246 e. The van der Waals surface area contributed by atoms with E-state index in [0.29, 0.717) is 17.9 Å². The van der Waals surface area contributed by atoms with Crippen LogP contribution in [0.2, 0.25) is 0 Å². The van der Waals surface area contributed by atoms with E-state index < -0.39 is 6.04 Å². The lowest BCUT2D eigenvalue weighted by atomic mass is 10.2. The first-order valence-corrected chi connectivity index (χ1v) is 8.69. The lowest BCUT2D eigenvalue weighted by molar-refractivity contribution is -0.117. The minimum absolute atomic E-state index is 0.159. The molecule has 6 heteroatoms. The van der Waals surface area contributed by atoms with Gasteiger partial charge in [-0.3, -0.25) is 9.59 Å². The molecule has 136 valence electrons. The molecule has 0 radical (unpaired) electrons. The maximum atomic E-state index is 12.4. The van der Waals surface area contributed by atoms with Gasteiger partial charge in [0.15, 0.2) is 0 Å². The molecule has 2 aromatic rings. The second-order valence-corrected chi connectivity index (χ2v) is 6.25. The molecule has 0 saturated carbocycles. The van der Waals surface area contributed by atoms with Crippen LogP contribution >= 0.6 is 0 Å². The first kappa shape index (κ1) is 17.8. The molecule has 6 nitrogen and oxygen atoms in total. The molecule has 1 aliphatic rings. The molecule has 0 aromatic heterocycles. The van der Waals surface area contributed by atoms with Crippen LogP contribution in [-0.2, 0) is 9.59 Å². The van der Waals surface area contributed by atoms with Gasteiger partial charge in [0.25, 0.3) is 0 Å². The standard InChI is InChI=1S/C20H23N3O3/c1-14(20(25)22-17-6-3-4-7-18(17)26-2)21-15-9-11-16(12-10-15)23-13-5-8-19(23)24/h3-4,6-7,9-12,14,21H,5,8,13H2,1-2H3,(H,22,25)/t14-/m0/s1. The van der Waals surface area contributed by atoms with E-state index in [1.807, 2.05) is 36.4 Å². The maximum Gasteiger partial charge on any atom is 0.246 e. The number of nitrogens with zero attached hydrogens (tertiary/aromatic N) is 1. The number of para-hydroxylation sites is 2. The number of hydrogen-bond acceptors (Lipinski definition) is 4. The molecule has 1 heterocycles. The monoisotopic (exact) mass is 353 g/mol. The third-order valence-corrected chi connectivity index (χ3v) is 4.39. The average Bonchev–Trinajstić information content (AvgIpc) is 3.08. The Morgan fingerprint density at radius 2 is 1.88 bits per heavy atom. The molecule has 1 saturated heterocycles. The first-order chi connectivity index (χ1) is 12.6. The minimum Gasteiger partial charge on any atom is -0.495 e. The SMILES string of the molecule is COc1ccccc1NC(=O)[C@H](C)Nc1ccc(N2CCCC2=O)cc1. The summed E-state index contributed by atoms with van der Waals surface area (Å²) in [6.45, 7) is 2.56. The number of carbonyl (C=O) groups is 2. The van der Waals surface area contributed by atoms with E-state index >= 15 is 0 Å². The Morgan fingerprint density at radius 1 is 1.15 bits per heavy atom. The molecule has 0 unspecified atom stereocenters. The lowest BCUT2D eigenvalue weighted by Gasteiger charge is -2.18. The largest absolute Gasteiger partial charge is 0.495 e. The Hall–Kier alpha value is -3.02. The normalized spacial score (nSPS) is 14.8. The number of hydrogen-bond donors (Lipinski definition) is 2. The van der Waals surface area contributed by atoms with Crippen LogP contribution in [0.5, 0.6) is 5.75 Å². The topological polar surface area (TPSA) is 70.7 Å². The quantitative estimate of drug-likeness (QED) is 0.836. The summed E-state index contributed by atoms with van der Waals surface area (Å²) in [5.74, 6) is 0.622. The lowest BCUT2D eigenvalue weighted by Crippen LogP contribution is -2.32. The van der Waals surface area contributed by atoms with E-state index in [-0.39, 0.29) is 11.8 Å². The maximum absolute atomic E-state index is 12.4. The summed E-state index contributed by atoms with van der Waals surface area (Å²) < 4.78 is 5.25. The van der Waals surface area contributed by atoms with Crippen LogP contribution in [-0.4, -0.2) is 31.5 Å². The summed E-state index contributed by atoms with van der Waals surface area (Å²) in [5, 5.41) is 6.04. The molecular weight excluding hydrogens is 330 g/mol. The fourth-order valence-electron chi connectivity index (χ4n) is 2.96. The second-order valence-electron chi connectivity index (χ2n) is 6.25. The van der Waals surface area contributed by atoms with Gasteiger partial charge in [-0.25, -0.2) is 0 Å². The van der Waals surface area contributed by atoms with Gasteiger partial charge >= 0.3 is 0 Å². The van der Waals surface area contributed by atoms with Crippen LogP contribution < -0.4 is 20.3 Å². The highest BCUT2D eigenvalue weighted by Gasteiger charge is 2.21. The number of anilines is 3. The van der Waals surface area contributed by atoms with E-state index in [0.717, 1.165) is 24.3 Å². The molecule has 0 aliphatic carbocycles. The summed E-state index contributed by atoms with van der Waals surface area (Å²) in [7, 11) is 1.57. The fraction of sp³-hybridized carbons (Fsp3) is 0.300. The van der Waals surface area contributed by atoms with Crippen molar-refractivity contribution in [3.05, 3.63) is 48.5 Å². The zero-order chi connectivity index (χ0) is 18.5. The van der Waals surface area contributed by atoms with Crippen LogP contribution in [0, 0.1) is 0 Å². The highest BCUT2D eigenvalue weighted by atomic mass is 16.5. The highest BCUT2D eigenvalue weighted by Crippen LogP contribution is 2.25. The van der Waals surface area contributed by atoms with Gasteiger partial charge in [0.05, 0.1) is 12.8 Å². The number of carbonyl (C=O) groups excluding carboxylic acids is 2. The Labute approximate surface area is 153 Å². The number of amides is 2. The summed E-state index contributed by atoms with van der Waals surface area (Å²) in [6.07, 6.45) is 1.51. The fourth-order valence-corrected chi connectivity index (χ4v) is 2.96. The molecule has 2 amide bonds. The van der Waals surface area contributed by atoms with Crippen LogP contribution in [0.3, 0.4) is 0 Å². The van der Waals surface area contributed by atoms with Crippen molar-refractivity contribution in [2.45, 2.75) is 25.8 Å². The van der Waals surface area contributed by atoms with Gasteiger partial charge in [-0.15, -0.1) is 0 Å². The predicted molar refractivity (Wildman–Crippen MR) is 103 cm³/mol. The van der Waals surface area contributed by atoms with Crippen molar-refractivity contribution in [1.82, 2.24) is 0 Å². The Balaban J connectivity index is 1.61. The molecule has 2 aromatic carbocycles. The van der Waals surface area contributed by atoms with Gasteiger partial charge in [0, 0.05) is 24.3 Å². The minimum atomic E-state index is -0.431. The molecule has 1 atom stereocenters. The van der Waals surface area contributed by atoms with Crippen molar-refractivity contribution in [2.24, 2.45) is 0 Å². The molecule has 2 N–H and O–H groups in total. The van der Waals surface area contributed by atoms with Gasteiger partial charge in [-0.1, -0.05) is 12.1 Å². The zero-order valence-corrected chi connectivity index (χ0v) is 15.0. The molecule has 1 aliphatic heterocycles. The molecule has 26 heavy (non-hydrogen) atoms. The van der Waals surface area contributed by atoms with E-state index in [2.05, 4.69) is 10.6 Å². The van der Waals surface area contributed by atoms with Gasteiger partial charge in [-0.05, 0) is 49.7 Å². The molecule has 1 fully saturated rings. The van der Waals surface area contributed by atoms with E-state index in [1.165, 1.54) is 0 Å². The summed E-state index contributed by atoms with van der Waals surface area (Å²) in [6, 6.07) is 14.4. The van der Waals surface area contributed by atoms with Crippen LogP contribution in [0.4, 0.5) is 17.1 Å². The predicted octanol–water partition coefficient (Wildman–Crippen LogP) is 3.26. The molecule has 3 rings (SSSR count). The first-order valence-electron chi connectivity index (χ1n) is 8.69. The van der Waals surface area contributed by atoms with E-state index in [9.17, 15) is 9.59 Å². The third-order valence-electron chi connectivity index (χ3n) is 4.39. The van der Waals surface area contributed by atoms with Crippen LogP contribution in [0.15, 0.2) is 48.5 Å². The number of nitrogens with one attached hydrogen (secondary N) is 2. The Kier molecular flexibility index (Phi) is 5.41. The van der Waals surface area contributed by atoms with Crippen molar-refractivity contribution in [1.29, 1.82) is 0 Å². The molecule has 0 bridgehead atoms. The molecule has 0 spiro atoms. The van der Waals surface area contributed by atoms with E-state index in [1.54, 1.807) is 31.1 Å². The van der Waals surface area contributed by atoms with Crippen LogP contribution in [0.1, 0.15) is 19.8 Å². The van der Waals surface area contributed by atoms with E-state index in [4.69, 9.17) is 4.74 Å². The number of methoxy groups -OCH3 is 1.